The largest absolute Gasteiger partial charge is 0.395 e. The molecule has 2 aliphatic rings. The van der Waals surface area contributed by atoms with Crippen molar-refractivity contribution in [2.24, 2.45) is 0 Å². The zero-order valence-corrected chi connectivity index (χ0v) is 16.2. The van der Waals surface area contributed by atoms with Crippen LogP contribution in [-0.2, 0) is 0 Å². The van der Waals surface area contributed by atoms with Gasteiger partial charge in [-0.05, 0) is 69.3 Å². The number of aryl methyl sites for hydroxylation is 2. The van der Waals surface area contributed by atoms with Gasteiger partial charge in [0, 0.05) is 35.2 Å². The number of rotatable bonds is 3. The van der Waals surface area contributed by atoms with Crippen LogP contribution in [0.15, 0.2) is 16.6 Å². The smallest absolute Gasteiger partial charge is 0.254 e. The Balaban J connectivity index is 1.66. The van der Waals surface area contributed by atoms with Gasteiger partial charge >= 0.3 is 0 Å². The van der Waals surface area contributed by atoms with Crippen LogP contribution in [0.3, 0.4) is 0 Å². The molecule has 1 aromatic rings. The number of likely N-dealkylation sites (tertiary alicyclic amines) is 2. The molecule has 2 saturated heterocycles. The molecule has 5 heteroatoms. The monoisotopic (exact) mass is 394 g/mol. The van der Waals surface area contributed by atoms with Crippen LogP contribution >= 0.6 is 15.9 Å². The Kier molecular flexibility index (Phi) is 5.63. The minimum absolute atomic E-state index is 0.163. The third-order valence-corrected chi connectivity index (χ3v) is 6.02. The second kappa shape index (κ2) is 7.54. The molecule has 0 unspecified atom stereocenters. The van der Waals surface area contributed by atoms with Crippen molar-refractivity contribution in [3.8, 4) is 0 Å². The van der Waals surface area contributed by atoms with E-state index in [1.807, 2.05) is 30.9 Å². The van der Waals surface area contributed by atoms with E-state index in [1.54, 1.807) is 0 Å². The number of carbonyl (C=O) groups is 1. The number of aliphatic hydroxyl groups is 1. The van der Waals surface area contributed by atoms with Crippen LogP contribution in [0.25, 0.3) is 0 Å². The molecule has 0 aliphatic carbocycles. The Morgan fingerprint density at radius 2 is 1.79 bits per heavy atom. The predicted octanol–water partition coefficient (Wildman–Crippen LogP) is 3.13. The lowest BCUT2D eigenvalue weighted by atomic mass is 9.98. The summed E-state index contributed by atoms with van der Waals surface area (Å²) in [6.07, 6.45) is 4.31. The third-order valence-electron chi connectivity index (χ3n) is 5.57. The average molecular weight is 395 g/mol. The summed E-state index contributed by atoms with van der Waals surface area (Å²) in [6, 6.07) is 4.88. The van der Waals surface area contributed by atoms with Gasteiger partial charge in [0.15, 0.2) is 0 Å². The highest BCUT2D eigenvalue weighted by atomic mass is 79.9. The van der Waals surface area contributed by atoms with Crippen molar-refractivity contribution in [2.75, 3.05) is 26.2 Å². The van der Waals surface area contributed by atoms with E-state index < -0.39 is 0 Å². The molecule has 4 nitrogen and oxygen atoms in total. The van der Waals surface area contributed by atoms with Crippen LogP contribution in [0, 0.1) is 13.8 Å². The molecule has 0 aromatic heterocycles. The highest BCUT2D eigenvalue weighted by molar-refractivity contribution is 9.10. The number of piperidine rings is 1. The second-order valence-corrected chi connectivity index (χ2v) is 8.07. The van der Waals surface area contributed by atoms with E-state index in [-0.39, 0.29) is 12.5 Å². The Hall–Kier alpha value is -0.910. The van der Waals surface area contributed by atoms with Crippen molar-refractivity contribution in [1.82, 2.24) is 9.80 Å². The SMILES string of the molecule is Cc1cc(Br)cc(C)c1C(=O)N1CCC(N2CCC[C@H]2CO)CC1. The van der Waals surface area contributed by atoms with Gasteiger partial charge in [-0.25, -0.2) is 0 Å². The fraction of sp³-hybridized carbons (Fsp3) is 0.632. The van der Waals surface area contributed by atoms with Gasteiger partial charge in [-0.2, -0.15) is 0 Å². The predicted molar refractivity (Wildman–Crippen MR) is 99.4 cm³/mol. The highest BCUT2D eigenvalue weighted by Gasteiger charge is 2.33. The number of aliphatic hydroxyl groups excluding tert-OH is 1. The topological polar surface area (TPSA) is 43.8 Å². The number of hydrogen-bond acceptors (Lipinski definition) is 3. The van der Waals surface area contributed by atoms with Crippen LogP contribution in [0.5, 0.6) is 0 Å². The molecule has 0 saturated carbocycles. The molecule has 1 N–H and O–H groups in total. The molecular weight excluding hydrogens is 368 g/mol. The third kappa shape index (κ3) is 3.53. The van der Waals surface area contributed by atoms with Gasteiger partial charge in [0.05, 0.1) is 6.61 Å². The van der Waals surface area contributed by atoms with Gasteiger partial charge in [0.25, 0.3) is 5.91 Å². The number of hydrogen-bond donors (Lipinski definition) is 1. The minimum Gasteiger partial charge on any atom is -0.395 e. The average Bonchev–Trinajstić information content (AvgIpc) is 3.02. The first-order valence-electron chi connectivity index (χ1n) is 8.94. The Labute approximate surface area is 153 Å². The van der Waals surface area contributed by atoms with Gasteiger partial charge < -0.3 is 10.0 Å². The second-order valence-electron chi connectivity index (χ2n) is 7.15. The fourth-order valence-corrected chi connectivity index (χ4v) is 5.03. The van der Waals surface area contributed by atoms with Gasteiger partial charge in [-0.15, -0.1) is 0 Å². The van der Waals surface area contributed by atoms with E-state index in [9.17, 15) is 9.90 Å². The van der Waals surface area contributed by atoms with Crippen molar-refractivity contribution in [3.63, 3.8) is 0 Å². The zero-order chi connectivity index (χ0) is 17.3. The Bertz CT molecular complexity index is 588. The van der Waals surface area contributed by atoms with Crippen molar-refractivity contribution in [3.05, 3.63) is 33.3 Å². The molecule has 0 bridgehead atoms. The molecular formula is C19H27BrN2O2. The maximum Gasteiger partial charge on any atom is 0.254 e. The van der Waals surface area contributed by atoms with E-state index in [0.29, 0.717) is 12.1 Å². The zero-order valence-electron chi connectivity index (χ0n) is 14.6. The van der Waals surface area contributed by atoms with Crippen LogP contribution in [0.2, 0.25) is 0 Å². The summed E-state index contributed by atoms with van der Waals surface area (Å²) in [5, 5.41) is 9.53. The highest BCUT2D eigenvalue weighted by Crippen LogP contribution is 2.28. The summed E-state index contributed by atoms with van der Waals surface area (Å²) >= 11 is 3.50. The van der Waals surface area contributed by atoms with E-state index in [1.165, 1.54) is 6.42 Å². The maximum atomic E-state index is 13.0. The molecule has 3 rings (SSSR count). The van der Waals surface area contributed by atoms with Crippen LogP contribution in [0.4, 0.5) is 0 Å². The standard InChI is InChI=1S/C19H27BrN2O2/c1-13-10-15(20)11-14(2)18(13)19(24)21-8-5-16(6-9-21)22-7-3-4-17(22)12-23/h10-11,16-17,23H,3-9,12H2,1-2H3/t17-/m0/s1. The molecule has 1 atom stereocenters. The van der Waals surface area contributed by atoms with Crippen LogP contribution in [-0.4, -0.2) is 59.1 Å². The van der Waals surface area contributed by atoms with E-state index in [4.69, 9.17) is 0 Å². The molecule has 1 aromatic carbocycles. The van der Waals surface area contributed by atoms with E-state index in [2.05, 4.69) is 20.8 Å². The molecule has 132 valence electrons. The Morgan fingerprint density at radius 3 is 2.38 bits per heavy atom. The quantitative estimate of drug-likeness (QED) is 0.856. The van der Waals surface area contributed by atoms with E-state index >= 15 is 0 Å². The first-order valence-corrected chi connectivity index (χ1v) is 9.73. The molecule has 2 aliphatic heterocycles. The van der Waals surface area contributed by atoms with Crippen molar-refractivity contribution in [1.29, 1.82) is 0 Å². The first-order chi connectivity index (χ1) is 11.5. The van der Waals surface area contributed by atoms with Crippen molar-refractivity contribution >= 4 is 21.8 Å². The summed E-state index contributed by atoms with van der Waals surface area (Å²) in [5.74, 6) is 0.163. The summed E-state index contributed by atoms with van der Waals surface area (Å²) in [5.41, 5.74) is 2.92. The van der Waals surface area contributed by atoms with E-state index in [0.717, 1.165) is 60.1 Å². The summed E-state index contributed by atoms with van der Waals surface area (Å²) in [7, 11) is 0. The van der Waals surface area contributed by atoms with Crippen LogP contribution in [0.1, 0.15) is 47.2 Å². The summed E-state index contributed by atoms with van der Waals surface area (Å²) < 4.78 is 1.02. The number of amides is 1. The van der Waals surface area contributed by atoms with Crippen molar-refractivity contribution in [2.45, 2.75) is 51.6 Å². The van der Waals surface area contributed by atoms with Gasteiger partial charge in [0.1, 0.15) is 0 Å². The van der Waals surface area contributed by atoms with Crippen molar-refractivity contribution < 1.29 is 9.90 Å². The molecule has 2 fully saturated rings. The maximum absolute atomic E-state index is 13.0. The summed E-state index contributed by atoms with van der Waals surface area (Å²) in [6.45, 7) is 6.99. The van der Waals surface area contributed by atoms with Crippen LogP contribution < -0.4 is 0 Å². The lowest BCUT2D eigenvalue weighted by molar-refractivity contribution is 0.0537. The number of carbonyl (C=O) groups excluding carboxylic acids is 1. The lowest BCUT2D eigenvalue weighted by Crippen LogP contribution is -2.49. The molecule has 0 radical (unpaired) electrons. The normalized spacial score (nSPS) is 23.0. The molecule has 2 heterocycles. The number of nitrogens with zero attached hydrogens (tertiary/aromatic N) is 2. The van der Waals surface area contributed by atoms with Gasteiger partial charge in [-0.1, -0.05) is 15.9 Å². The molecule has 1 amide bonds. The number of halogens is 1. The molecule has 0 spiro atoms. The number of benzene rings is 1. The van der Waals surface area contributed by atoms with Gasteiger partial charge in [0.2, 0.25) is 0 Å². The Morgan fingerprint density at radius 1 is 1.17 bits per heavy atom. The minimum atomic E-state index is 0.163. The fourth-order valence-electron chi connectivity index (χ4n) is 4.34. The lowest BCUT2D eigenvalue weighted by Gasteiger charge is -2.39. The van der Waals surface area contributed by atoms with Gasteiger partial charge in [-0.3, -0.25) is 9.69 Å². The summed E-state index contributed by atoms with van der Waals surface area (Å²) in [4.78, 5) is 17.4. The molecule has 24 heavy (non-hydrogen) atoms. The first kappa shape index (κ1) is 17.9.